The molecule has 2 rings (SSSR count). The van der Waals surface area contributed by atoms with Gasteiger partial charge in [-0.3, -0.25) is 4.99 Å². The van der Waals surface area contributed by atoms with Crippen LogP contribution in [-0.2, 0) is 13.1 Å². The van der Waals surface area contributed by atoms with E-state index in [0.717, 1.165) is 10.7 Å². The van der Waals surface area contributed by atoms with Gasteiger partial charge < -0.3 is 10.2 Å². The van der Waals surface area contributed by atoms with Gasteiger partial charge in [0.15, 0.2) is 5.96 Å². The van der Waals surface area contributed by atoms with Crippen LogP contribution in [0.25, 0.3) is 0 Å². The molecular weight excluding hydrogens is 440 g/mol. The van der Waals surface area contributed by atoms with Gasteiger partial charge in [-0.1, -0.05) is 0 Å². The molecule has 8 heteroatoms. The van der Waals surface area contributed by atoms with Crippen molar-refractivity contribution >= 4 is 41.3 Å². The Bertz CT molecular complexity index is 753. The van der Waals surface area contributed by atoms with Crippen LogP contribution in [0, 0.1) is 24.1 Å². The Morgan fingerprint density at radius 1 is 1.50 bits per heavy atom. The summed E-state index contributed by atoms with van der Waals surface area (Å²) in [4.78, 5) is 10.5. The van der Waals surface area contributed by atoms with Gasteiger partial charge in [-0.05, 0) is 25.1 Å². The number of hydrogen-bond acceptors (Lipinski definition) is 4. The number of nitriles is 1. The minimum absolute atomic E-state index is 0. The second kappa shape index (κ2) is 9.54. The standard InChI is InChI=1S/C16H18FN5S.HI/c1-11-21-14(10-23-11)9-22(3)16(19-2)20-8-13-6-12(7-18)4-5-15(13)17;/h4-6,10H,8-9H2,1-3H3,(H,19,20);1H. The second-order valence-corrected chi connectivity index (χ2v) is 6.09. The molecule has 0 aliphatic rings. The molecule has 24 heavy (non-hydrogen) atoms. The number of thiazole rings is 1. The number of benzene rings is 1. The molecule has 1 aromatic heterocycles. The summed E-state index contributed by atoms with van der Waals surface area (Å²) in [5.41, 5.74) is 1.84. The fourth-order valence-corrected chi connectivity index (χ4v) is 2.74. The summed E-state index contributed by atoms with van der Waals surface area (Å²) in [6, 6.07) is 6.32. The molecule has 0 unspecified atom stereocenters. The summed E-state index contributed by atoms with van der Waals surface area (Å²) in [7, 11) is 3.57. The van der Waals surface area contributed by atoms with Crippen molar-refractivity contribution in [2.45, 2.75) is 20.0 Å². The Balaban J connectivity index is 0.00000288. The van der Waals surface area contributed by atoms with Crippen LogP contribution in [0.4, 0.5) is 4.39 Å². The van der Waals surface area contributed by atoms with Gasteiger partial charge in [-0.15, -0.1) is 35.3 Å². The van der Waals surface area contributed by atoms with Crippen LogP contribution in [0.3, 0.4) is 0 Å². The molecule has 2 aromatic rings. The molecular formula is C16H19FIN5S. The number of nitrogens with one attached hydrogen (secondary N) is 1. The highest BCUT2D eigenvalue weighted by molar-refractivity contribution is 14.0. The Morgan fingerprint density at radius 2 is 2.25 bits per heavy atom. The lowest BCUT2D eigenvalue weighted by molar-refractivity contribution is 0.469. The molecule has 0 bridgehead atoms. The molecule has 5 nitrogen and oxygen atoms in total. The molecule has 0 saturated carbocycles. The summed E-state index contributed by atoms with van der Waals surface area (Å²) in [6.45, 7) is 2.84. The molecule has 0 aliphatic heterocycles. The van der Waals surface area contributed by atoms with Crippen molar-refractivity contribution in [1.82, 2.24) is 15.2 Å². The van der Waals surface area contributed by atoms with Crippen LogP contribution >= 0.6 is 35.3 Å². The van der Waals surface area contributed by atoms with Crippen molar-refractivity contribution in [1.29, 1.82) is 5.26 Å². The minimum atomic E-state index is -0.343. The third-order valence-electron chi connectivity index (χ3n) is 3.25. The average molecular weight is 459 g/mol. The van der Waals surface area contributed by atoms with Crippen LogP contribution in [-0.4, -0.2) is 29.9 Å². The van der Waals surface area contributed by atoms with Gasteiger partial charge in [-0.25, -0.2) is 9.37 Å². The topological polar surface area (TPSA) is 64.3 Å². The first-order chi connectivity index (χ1) is 11.0. The van der Waals surface area contributed by atoms with Crippen LogP contribution < -0.4 is 5.32 Å². The Morgan fingerprint density at radius 3 is 2.83 bits per heavy atom. The summed E-state index contributed by atoms with van der Waals surface area (Å²) in [5.74, 6) is 0.294. The van der Waals surface area contributed by atoms with Gasteiger partial charge >= 0.3 is 0 Å². The molecule has 0 radical (unpaired) electrons. The van der Waals surface area contributed by atoms with Crippen LogP contribution in [0.2, 0.25) is 0 Å². The SMILES string of the molecule is CN=C(NCc1cc(C#N)ccc1F)N(C)Cc1csc(C)n1.I. The maximum Gasteiger partial charge on any atom is 0.194 e. The number of aromatic nitrogens is 1. The molecule has 128 valence electrons. The first-order valence-corrected chi connectivity index (χ1v) is 7.92. The number of guanidine groups is 1. The monoisotopic (exact) mass is 459 g/mol. The number of aryl methyl sites for hydroxylation is 1. The van der Waals surface area contributed by atoms with Crippen molar-refractivity contribution < 1.29 is 4.39 Å². The van der Waals surface area contributed by atoms with E-state index in [0.29, 0.717) is 23.6 Å². The zero-order chi connectivity index (χ0) is 16.8. The Kier molecular flexibility index (Phi) is 8.07. The fraction of sp³-hybridized carbons (Fsp3) is 0.312. The van der Waals surface area contributed by atoms with Crippen LogP contribution in [0.5, 0.6) is 0 Å². The van der Waals surface area contributed by atoms with Gasteiger partial charge in [0.25, 0.3) is 0 Å². The molecule has 0 saturated heterocycles. The van der Waals surface area contributed by atoms with Gasteiger partial charge in [0.1, 0.15) is 5.82 Å². The van der Waals surface area contributed by atoms with E-state index in [2.05, 4.69) is 15.3 Å². The largest absolute Gasteiger partial charge is 0.352 e. The molecule has 0 amide bonds. The van der Waals surface area contributed by atoms with E-state index in [1.807, 2.05) is 30.3 Å². The van der Waals surface area contributed by atoms with E-state index in [1.54, 1.807) is 24.5 Å². The van der Waals surface area contributed by atoms with Crippen molar-refractivity contribution in [3.05, 3.63) is 51.2 Å². The summed E-state index contributed by atoms with van der Waals surface area (Å²) >= 11 is 1.60. The molecule has 1 N–H and O–H groups in total. The fourth-order valence-electron chi connectivity index (χ4n) is 2.14. The summed E-state index contributed by atoms with van der Waals surface area (Å²) in [5, 5.41) is 15.0. The van der Waals surface area contributed by atoms with E-state index in [9.17, 15) is 4.39 Å². The predicted octanol–water partition coefficient (Wildman–Crippen LogP) is 3.29. The zero-order valence-corrected chi connectivity index (χ0v) is 16.9. The normalized spacial score (nSPS) is 10.7. The third kappa shape index (κ3) is 5.42. The third-order valence-corrected chi connectivity index (χ3v) is 4.07. The molecule has 0 aliphatic carbocycles. The number of rotatable bonds is 4. The lowest BCUT2D eigenvalue weighted by atomic mass is 10.1. The Hall–Kier alpha value is -1.73. The lowest BCUT2D eigenvalue weighted by Gasteiger charge is -2.21. The smallest absolute Gasteiger partial charge is 0.194 e. The highest BCUT2D eigenvalue weighted by Gasteiger charge is 2.10. The van der Waals surface area contributed by atoms with Crippen LogP contribution in [0.15, 0.2) is 28.6 Å². The van der Waals surface area contributed by atoms with Gasteiger partial charge in [0.2, 0.25) is 0 Å². The van der Waals surface area contributed by atoms with E-state index in [-0.39, 0.29) is 36.3 Å². The highest BCUT2D eigenvalue weighted by Crippen LogP contribution is 2.11. The van der Waals surface area contributed by atoms with Crippen molar-refractivity contribution in [2.24, 2.45) is 4.99 Å². The summed E-state index contributed by atoms with van der Waals surface area (Å²) in [6.07, 6.45) is 0. The summed E-state index contributed by atoms with van der Waals surface area (Å²) < 4.78 is 13.8. The Labute approximate surface area is 162 Å². The van der Waals surface area contributed by atoms with Crippen LogP contribution in [0.1, 0.15) is 21.8 Å². The number of halogens is 2. The lowest BCUT2D eigenvalue weighted by Crippen LogP contribution is -2.38. The highest BCUT2D eigenvalue weighted by atomic mass is 127. The van der Waals surface area contributed by atoms with E-state index in [1.165, 1.54) is 12.1 Å². The maximum atomic E-state index is 13.8. The predicted molar refractivity (Wildman–Crippen MR) is 105 cm³/mol. The average Bonchev–Trinajstić information content (AvgIpc) is 2.94. The minimum Gasteiger partial charge on any atom is -0.352 e. The zero-order valence-electron chi connectivity index (χ0n) is 13.7. The van der Waals surface area contributed by atoms with Crippen molar-refractivity contribution in [2.75, 3.05) is 14.1 Å². The second-order valence-electron chi connectivity index (χ2n) is 5.03. The molecule has 0 spiro atoms. The molecule has 1 heterocycles. The maximum absolute atomic E-state index is 13.8. The van der Waals surface area contributed by atoms with E-state index < -0.39 is 0 Å². The first kappa shape index (κ1) is 20.3. The van der Waals surface area contributed by atoms with Gasteiger partial charge in [0.05, 0.1) is 28.9 Å². The molecule has 1 aromatic carbocycles. The number of nitrogens with zero attached hydrogens (tertiary/aromatic N) is 4. The van der Waals surface area contributed by atoms with Gasteiger partial charge in [0, 0.05) is 31.6 Å². The number of aliphatic imine (C=N–C) groups is 1. The van der Waals surface area contributed by atoms with E-state index >= 15 is 0 Å². The van der Waals surface area contributed by atoms with Gasteiger partial charge in [-0.2, -0.15) is 5.26 Å². The van der Waals surface area contributed by atoms with E-state index in [4.69, 9.17) is 5.26 Å². The van der Waals surface area contributed by atoms with Crippen molar-refractivity contribution in [3.63, 3.8) is 0 Å². The molecule has 0 atom stereocenters. The first-order valence-electron chi connectivity index (χ1n) is 7.04. The van der Waals surface area contributed by atoms with Crippen molar-refractivity contribution in [3.8, 4) is 6.07 Å². The molecule has 0 fully saturated rings. The number of hydrogen-bond donors (Lipinski definition) is 1. The quantitative estimate of drug-likeness (QED) is 0.433.